The van der Waals surface area contributed by atoms with Crippen LogP contribution < -0.4 is 10.1 Å². The van der Waals surface area contributed by atoms with Crippen LogP contribution in [0, 0.1) is 13.8 Å². The van der Waals surface area contributed by atoms with Crippen LogP contribution in [0.25, 0.3) is 0 Å². The molecule has 3 atom stereocenters. The summed E-state index contributed by atoms with van der Waals surface area (Å²) in [6.45, 7) is 16.6. The second kappa shape index (κ2) is 16.0. The molecule has 1 aliphatic heterocycles. The van der Waals surface area contributed by atoms with E-state index in [0.717, 1.165) is 33.4 Å². The molecule has 274 valence electrons. The van der Waals surface area contributed by atoms with Gasteiger partial charge in [0.2, 0.25) is 11.8 Å². The van der Waals surface area contributed by atoms with Gasteiger partial charge in [-0.1, -0.05) is 54.6 Å². The molecule has 0 fully saturated rings. The molecule has 0 saturated heterocycles. The number of nitrogens with zero attached hydrogens (tertiary/aromatic N) is 2. The largest absolute Gasteiger partial charge is 0.489 e. The third kappa shape index (κ3) is 10.6. The summed E-state index contributed by atoms with van der Waals surface area (Å²) in [6.07, 6.45) is -0.245. The topological polar surface area (TPSA) is 114 Å². The van der Waals surface area contributed by atoms with Crippen LogP contribution in [0.3, 0.4) is 0 Å². The Morgan fingerprint density at radius 3 is 2.02 bits per heavy atom. The van der Waals surface area contributed by atoms with E-state index in [0.29, 0.717) is 12.4 Å². The second-order valence-electron chi connectivity index (χ2n) is 15.3. The van der Waals surface area contributed by atoms with Crippen molar-refractivity contribution in [2.75, 3.05) is 7.05 Å². The van der Waals surface area contributed by atoms with Crippen molar-refractivity contribution < 1.29 is 33.4 Å². The summed E-state index contributed by atoms with van der Waals surface area (Å²) in [6, 6.07) is 18.5. The standard InChI is InChI=1S/C41H53N3O7/c1-26-20-32(49-25-29-16-12-11-13-17-29)21-27(2)33(26)23-35(43(10)39(48)51-41(7,8)9)37(46)44-24-31-19-15-14-18-30(31)22-34(44)36(45)42-28(3)38(47)50-40(4,5)6/h11-21,28,34-35H,22-25H2,1-10H3,(H,42,45)/t28-,34?,35?/m0/s1. The molecule has 4 rings (SSSR count). The third-order valence-corrected chi connectivity index (χ3v) is 8.70. The molecule has 2 unspecified atom stereocenters. The Labute approximate surface area is 302 Å². The number of aryl methyl sites for hydroxylation is 2. The van der Waals surface area contributed by atoms with Crippen LogP contribution in [0.15, 0.2) is 66.7 Å². The Kier molecular flexibility index (Phi) is 12.2. The maximum absolute atomic E-state index is 14.9. The minimum absolute atomic E-state index is 0.150. The molecular formula is C41H53N3O7. The molecule has 10 nitrogen and oxygen atoms in total. The van der Waals surface area contributed by atoms with Crippen LogP contribution in [0.1, 0.15) is 81.8 Å². The summed E-state index contributed by atoms with van der Waals surface area (Å²) in [5.74, 6) is -0.771. The van der Waals surface area contributed by atoms with E-state index in [1.54, 1.807) is 55.5 Å². The number of hydrogen-bond acceptors (Lipinski definition) is 7. The van der Waals surface area contributed by atoms with Crippen molar-refractivity contribution in [1.82, 2.24) is 15.1 Å². The summed E-state index contributed by atoms with van der Waals surface area (Å²) in [5.41, 5.74) is 4.03. The van der Waals surface area contributed by atoms with E-state index < -0.39 is 53.2 Å². The molecule has 0 aromatic heterocycles. The Morgan fingerprint density at radius 1 is 0.863 bits per heavy atom. The van der Waals surface area contributed by atoms with Gasteiger partial charge in [-0.3, -0.25) is 14.5 Å². The highest BCUT2D eigenvalue weighted by Gasteiger charge is 2.41. The summed E-state index contributed by atoms with van der Waals surface area (Å²) >= 11 is 0. The molecule has 3 amide bonds. The maximum Gasteiger partial charge on any atom is 0.410 e. The van der Waals surface area contributed by atoms with Gasteiger partial charge < -0.3 is 24.4 Å². The van der Waals surface area contributed by atoms with E-state index in [1.807, 2.05) is 80.6 Å². The number of benzene rings is 3. The van der Waals surface area contributed by atoms with Gasteiger partial charge in [-0.05, 0) is 108 Å². The number of carbonyl (C=O) groups is 4. The van der Waals surface area contributed by atoms with Crippen molar-refractivity contribution in [1.29, 1.82) is 0 Å². The van der Waals surface area contributed by atoms with Gasteiger partial charge in [0.25, 0.3) is 0 Å². The number of likely N-dealkylation sites (N-methyl/N-ethyl adjacent to an activating group) is 1. The van der Waals surface area contributed by atoms with E-state index >= 15 is 0 Å². The number of ether oxygens (including phenoxy) is 3. The summed E-state index contributed by atoms with van der Waals surface area (Å²) in [7, 11) is 1.55. The number of hydrogen-bond donors (Lipinski definition) is 1. The van der Waals surface area contributed by atoms with E-state index in [4.69, 9.17) is 14.2 Å². The minimum Gasteiger partial charge on any atom is -0.489 e. The number of esters is 1. The summed E-state index contributed by atoms with van der Waals surface area (Å²) in [4.78, 5) is 58.0. The first-order valence-corrected chi connectivity index (χ1v) is 17.5. The molecule has 10 heteroatoms. The summed E-state index contributed by atoms with van der Waals surface area (Å²) in [5, 5.41) is 2.78. The fourth-order valence-electron chi connectivity index (χ4n) is 6.08. The van der Waals surface area contributed by atoms with E-state index in [2.05, 4.69) is 5.32 Å². The Bertz CT molecular complexity index is 1700. The molecule has 0 bridgehead atoms. The molecule has 51 heavy (non-hydrogen) atoms. The predicted molar refractivity (Wildman–Crippen MR) is 196 cm³/mol. The lowest BCUT2D eigenvalue weighted by atomic mass is 9.90. The first-order chi connectivity index (χ1) is 23.8. The zero-order valence-electron chi connectivity index (χ0n) is 31.7. The van der Waals surface area contributed by atoms with Crippen molar-refractivity contribution in [2.24, 2.45) is 0 Å². The number of carbonyl (C=O) groups excluding carboxylic acids is 4. The van der Waals surface area contributed by atoms with E-state index in [1.165, 1.54) is 9.80 Å². The van der Waals surface area contributed by atoms with Crippen LogP contribution >= 0.6 is 0 Å². The van der Waals surface area contributed by atoms with Gasteiger partial charge in [0.1, 0.15) is 41.7 Å². The van der Waals surface area contributed by atoms with Gasteiger partial charge in [0.05, 0.1) is 0 Å². The molecule has 1 heterocycles. The average molecular weight is 700 g/mol. The summed E-state index contributed by atoms with van der Waals surface area (Å²) < 4.78 is 17.3. The highest BCUT2D eigenvalue weighted by Crippen LogP contribution is 2.29. The molecule has 3 aromatic carbocycles. The first kappa shape index (κ1) is 38.9. The predicted octanol–water partition coefficient (Wildman–Crippen LogP) is 6.46. The monoisotopic (exact) mass is 699 g/mol. The van der Waals surface area contributed by atoms with Gasteiger partial charge in [0.15, 0.2) is 0 Å². The van der Waals surface area contributed by atoms with Crippen LogP contribution in [-0.2, 0) is 49.9 Å². The fraction of sp³-hybridized carbons (Fsp3) is 0.463. The quantitative estimate of drug-likeness (QED) is 0.242. The normalized spacial score (nSPS) is 15.6. The lowest BCUT2D eigenvalue weighted by Crippen LogP contribution is -2.60. The molecule has 0 aliphatic carbocycles. The van der Waals surface area contributed by atoms with Gasteiger partial charge in [0, 0.05) is 26.4 Å². The van der Waals surface area contributed by atoms with E-state index in [-0.39, 0.29) is 19.4 Å². The molecule has 3 aromatic rings. The van der Waals surface area contributed by atoms with Crippen LogP contribution in [0.2, 0.25) is 0 Å². The zero-order chi connectivity index (χ0) is 37.7. The Balaban J connectivity index is 1.68. The number of fused-ring (bicyclic) bond motifs is 1. The van der Waals surface area contributed by atoms with Crippen molar-refractivity contribution in [3.05, 3.63) is 100 Å². The highest BCUT2D eigenvalue weighted by atomic mass is 16.6. The van der Waals surface area contributed by atoms with Crippen LogP contribution in [-0.4, -0.2) is 70.1 Å². The molecule has 1 N–H and O–H groups in total. The number of nitrogens with one attached hydrogen (secondary N) is 1. The number of rotatable bonds is 10. The van der Waals surface area contributed by atoms with Crippen molar-refractivity contribution >= 4 is 23.9 Å². The smallest absolute Gasteiger partial charge is 0.410 e. The van der Waals surface area contributed by atoms with Crippen LogP contribution in [0.4, 0.5) is 4.79 Å². The zero-order valence-corrected chi connectivity index (χ0v) is 31.7. The van der Waals surface area contributed by atoms with Crippen molar-refractivity contribution in [2.45, 2.75) is 118 Å². The fourth-order valence-corrected chi connectivity index (χ4v) is 6.08. The molecule has 0 saturated carbocycles. The van der Waals surface area contributed by atoms with E-state index in [9.17, 15) is 19.2 Å². The minimum atomic E-state index is -1.02. The maximum atomic E-state index is 14.9. The van der Waals surface area contributed by atoms with Gasteiger partial charge in [-0.15, -0.1) is 0 Å². The first-order valence-electron chi connectivity index (χ1n) is 17.5. The highest BCUT2D eigenvalue weighted by molar-refractivity contribution is 5.94. The van der Waals surface area contributed by atoms with Gasteiger partial charge in [-0.25, -0.2) is 9.59 Å². The van der Waals surface area contributed by atoms with Crippen molar-refractivity contribution in [3.8, 4) is 5.75 Å². The molecular weight excluding hydrogens is 646 g/mol. The molecule has 0 radical (unpaired) electrons. The Morgan fingerprint density at radius 2 is 1.43 bits per heavy atom. The lowest BCUT2D eigenvalue weighted by Gasteiger charge is -2.40. The Hall–Kier alpha value is -4.86. The van der Waals surface area contributed by atoms with Crippen LogP contribution in [0.5, 0.6) is 5.75 Å². The van der Waals surface area contributed by atoms with Gasteiger partial charge in [-0.2, -0.15) is 0 Å². The third-order valence-electron chi connectivity index (χ3n) is 8.70. The lowest BCUT2D eigenvalue weighted by molar-refractivity contribution is -0.158. The molecule has 0 spiro atoms. The SMILES string of the molecule is Cc1cc(OCc2ccccc2)cc(C)c1CC(C(=O)N1Cc2ccccc2CC1C(=O)N[C@@H](C)C(=O)OC(C)(C)C)N(C)C(=O)OC(C)(C)C. The van der Waals surface area contributed by atoms with Crippen molar-refractivity contribution in [3.63, 3.8) is 0 Å². The van der Waals surface area contributed by atoms with Gasteiger partial charge >= 0.3 is 12.1 Å². The average Bonchev–Trinajstić information content (AvgIpc) is 3.04. The second-order valence-corrected chi connectivity index (χ2v) is 15.3. The number of amides is 3. The molecule has 1 aliphatic rings.